The monoisotopic (exact) mass is 1420 g/mol. The van der Waals surface area contributed by atoms with Crippen molar-refractivity contribution in [2.45, 2.75) is 131 Å². The predicted octanol–water partition coefficient (Wildman–Crippen LogP) is 3.07. The van der Waals surface area contributed by atoms with E-state index in [9.17, 15) is 52.6 Å². The van der Waals surface area contributed by atoms with Crippen molar-refractivity contribution in [1.82, 2.24) is 67.4 Å². The Hall–Kier alpha value is -10.3. The second-order valence-electron chi connectivity index (χ2n) is 24.7. The number of carbonyl (C=O) groups is 11. The van der Waals surface area contributed by atoms with Gasteiger partial charge in [-0.2, -0.15) is 23.5 Å². The maximum Gasteiger partial charge on any atom is 0.305 e. The molecule has 15 N–H and O–H groups in total. The highest BCUT2D eigenvalue weighted by atomic mass is 32.2. The molecule has 28 nitrogen and oxygen atoms in total. The molecule has 3 aromatic heterocycles. The van der Waals surface area contributed by atoms with Crippen molar-refractivity contribution in [3.63, 3.8) is 0 Å². The van der Waals surface area contributed by atoms with Crippen LogP contribution in [-0.4, -0.2) is 186 Å². The summed E-state index contributed by atoms with van der Waals surface area (Å²) in [7, 11) is 1.32. The number of primary amides is 1. The van der Waals surface area contributed by atoms with E-state index in [0.717, 1.165) is 17.2 Å². The molecule has 1 saturated heterocycles. The van der Waals surface area contributed by atoms with Crippen molar-refractivity contribution in [3.05, 3.63) is 155 Å². The Kier molecular flexibility index (Phi) is 25.1. The molecule has 10 amide bonds. The van der Waals surface area contributed by atoms with Gasteiger partial charge in [0.1, 0.15) is 65.2 Å². The Labute approximate surface area is 586 Å². The topological polar surface area (TPSA) is 423 Å². The minimum Gasteiger partial charge on any atom is -0.508 e. The Morgan fingerprint density at radius 2 is 1.28 bits per heavy atom. The van der Waals surface area contributed by atoms with Gasteiger partial charge in [0.2, 0.25) is 59.1 Å². The molecule has 7 aromatic rings. The fourth-order valence-corrected chi connectivity index (χ4v) is 13.8. The van der Waals surface area contributed by atoms with E-state index in [4.69, 9.17) is 10.5 Å². The quantitative estimate of drug-likeness (QED) is 0.0789. The molecule has 100 heavy (non-hydrogen) atoms. The molecule has 32 heteroatoms. The number of hydrogen-bond donors (Lipinski definition) is 14. The predicted molar refractivity (Wildman–Crippen MR) is 374 cm³/mol. The number of nitrogens with zero attached hydrogens (tertiary/aromatic N) is 2. The summed E-state index contributed by atoms with van der Waals surface area (Å²) in [6, 6.07) is 9.65. The van der Waals surface area contributed by atoms with E-state index >= 15 is 19.2 Å². The van der Waals surface area contributed by atoms with Crippen molar-refractivity contribution in [2.75, 3.05) is 31.7 Å². The summed E-state index contributed by atoms with van der Waals surface area (Å²) in [5.41, 5.74) is 8.13. The first-order chi connectivity index (χ1) is 47.8. The molecule has 2 aliphatic heterocycles. The Morgan fingerprint density at radius 1 is 0.700 bits per heavy atom. The van der Waals surface area contributed by atoms with Crippen LogP contribution in [0.15, 0.2) is 110 Å². The number of benzene rings is 4. The summed E-state index contributed by atoms with van der Waals surface area (Å²) in [5.74, 6) is -11.0. The lowest BCUT2D eigenvalue weighted by Gasteiger charge is -2.37. The van der Waals surface area contributed by atoms with Crippen molar-refractivity contribution < 1.29 is 82.2 Å². The van der Waals surface area contributed by atoms with Gasteiger partial charge < -0.3 is 83.1 Å². The summed E-state index contributed by atoms with van der Waals surface area (Å²) >= 11 is 2.76. The lowest BCUT2D eigenvalue weighted by molar-refractivity contribution is -0.147. The number of rotatable bonds is 13. The van der Waals surface area contributed by atoms with E-state index in [1.807, 2.05) is 24.3 Å². The van der Waals surface area contributed by atoms with E-state index in [2.05, 4.69) is 62.5 Å². The van der Waals surface area contributed by atoms with Gasteiger partial charge in [-0.1, -0.05) is 36.4 Å². The zero-order valence-electron chi connectivity index (χ0n) is 54.7. The van der Waals surface area contributed by atoms with Crippen molar-refractivity contribution in [2.24, 2.45) is 5.73 Å². The summed E-state index contributed by atoms with van der Waals surface area (Å²) in [5, 5.41) is 41.9. The first kappa shape index (κ1) is 73.9. The number of fused-ring (bicyclic) bond motifs is 5. The third-order valence-corrected chi connectivity index (χ3v) is 19.5. The van der Waals surface area contributed by atoms with Crippen LogP contribution < -0.4 is 48.3 Å². The number of carboxylic acids is 1. The number of aromatic amines is 3. The summed E-state index contributed by atoms with van der Waals surface area (Å²) in [6.07, 6.45) is 2.34. The van der Waals surface area contributed by atoms with E-state index in [1.165, 1.54) is 129 Å². The molecular weight excluding hydrogens is 1340 g/mol. The van der Waals surface area contributed by atoms with E-state index in [1.54, 1.807) is 0 Å². The van der Waals surface area contributed by atoms with Crippen LogP contribution in [0.3, 0.4) is 0 Å². The summed E-state index contributed by atoms with van der Waals surface area (Å²) in [4.78, 5) is 171. The standard InChI is InChI=1S/C68H78F2N14O14S2.4H2/c1-36(98-3)59-65(95)75-31-57(87)77-50(22-40-28-73-48-14-10-42(69)24-46(40)48)61(91)78-51(23-41-29-74-49-15-11-43(70)25-47(41)49)62(92)80-53(27-58(88)89)64(94)79-52(26-44-30-72-35-76-44)63(93)81-54(21-37-8-12-45(85)13-9-37)66(96)84-18-5-17-68(84,2)67(97)82-55(60(71)90)34-100-33-39-7-4-6-38(20-39)32-99-19-16-56(86)83-59;;;;/h4,6-15,20,24-25,28-30,35-36,50-55,59,73-74,85H,5,16-19,21-23,26-27,31-34H2,1-3H3,(H2,71,90)(H,72,76)(H,75,95)(H,77,87)(H,78,91)(H,79,94)(H,80,92)(H,81,93)(H,82,97)(H,83,86)(H,88,89);4*1H/t36-,50-,51-,52-,53-,54-,55-,59-,68-;;;;/m0..../s1. The number of methoxy groups -OCH3 is 1. The van der Waals surface area contributed by atoms with Gasteiger partial charge in [-0.3, -0.25) is 52.7 Å². The molecule has 0 radical (unpaired) electrons. The van der Waals surface area contributed by atoms with Crippen LogP contribution in [-0.2, 0) is 94.7 Å². The number of thioether (sulfide) groups is 2. The second-order valence-corrected chi connectivity index (χ2v) is 26.8. The van der Waals surface area contributed by atoms with Crippen molar-refractivity contribution >= 4 is 110 Å². The van der Waals surface area contributed by atoms with Crippen LogP contribution in [0.25, 0.3) is 21.8 Å². The summed E-state index contributed by atoms with van der Waals surface area (Å²) in [6.45, 7) is 2.27. The largest absolute Gasteiger partial charge is 0.508 e. The maximum absolute atomic E-state index is 15.2. The van der Waals surface area contributed by atoms with Crippen LogP contribution in [0.2, 0.25) is 0 Å². The molecule has 2 aliphatic rings. The number of nitrogens with two attached hydrogens (primary N) is 1. The van der Waals surface area contributed by atoms with Crippen LogP contribution in [0.5, 0.6) is 5.75 Å². The number of phenols is 1. The van der Waals surface area contributed by atoms with E-state index < -0.39 is 156 Å². The Balaban J connectivity index is 0.00000486. The number of carbonyl (C=O) groups excluding carboxylic acids is 10. The number of amides is 10. The molecule has 0 spiro atoms. The molecule has 9 rings (SSSR count). The van der Waals surface area contributed by atoms with Crippen LogP contribution in [0.1, 0.15) is 78.7 Å². The zero-order valence-corrected chi connectivity index (χ0v) is 56.4. The number of phenolic OH excluding ortho intramolecular Hbond substituents is 1. The maximum atomic E-state index is 15.2. The van der Waals surface area contributed by atoms with E-state index in [0.29, 0.717) is 51.2 Å². The molecule has 538 valence electrons. The number of aromatic nitrogens is 4. The lowest BCUT2D eigenvalue weighted by Crippen LogP contribution is -2.63. The van der Waals surface area contributed by atoms with Gasteiger partial charge >= 0.3 is 5.97 Å². The van der Waals surface area contributed by atoms with Gasteiger partial charge in [0.15, 0.2) is 0 Å². The smallest absolute Gasteiger partial charge is 0.305 e. The van der Waals surface area contributed by atoms with Crippen LogP contribution in [0, 0.1) is 11.6 Å². The molecule has 5 heterocycles. The first-order valence-corrected chi connectivity index (χ1v) is 34.4. The number of imidazole rings is 1. The highest BCUT2D eigenvalue weighted by Crippen LogP contribution is 2.32. The van der Waals surface area contributed by atoms with Gasteiger partial charge in [0, 0.05) is 121 Å². The van der Waals surface area contributed by atoms with Gasteiger partial charge in [-0.05, 0) is 103 Å². The van der Waals surface area contributed by atoms with Crippen molar-refractivity contribution in [3.8, 4) is 5.75 Å². The Morgan fingerprint density at radius 3 is 1.87 bits per heavy atom. The highest BCUT2D eigenvalue weighted by molar-refractivity contribution is 7.98. The third-order valence-electron chi connectivity index (χ3n) is 17.4. The minimum atomic E-state index is -2.05. The van der Waals surface area contributed by atoms with Gasteiger partial charge in [0.25, 0.3) is 0 Å². The summed E-state index contributed by atoms with van der Waals surface area (Å²) < 4.78 is 35.2. The number of aliphatic carboxylic acids is 1. The Bertz CT molecular complexity index is 4180. The molecule has 0 unspecified atom stereocenters. The van der Waals surface area contributed by atoms with Gasteiger partial charge in [0.05, 0.1) is 25.4 Å². The number of halogens is 2. The first-order valence-electron chi connectivity index (χ1n) is 32.1. The molecule has 2 bridgehead atoms. The average molecular weight is 1430 g/mol. The SMILES string of the molecule is CO[C@@H](C)[C@@H]1NC(=O)CCSCc2cccc(c2)CSC[C@@H](C(N)=O)NC(=O)[C@]2(C)CCCN2C(=O)[C@H](Cc2ccc(O)cc2)NC(=O)[C@H](Cc2cnc[nH]2)NC(=O)[C@H](CC(=O)O)NC(=O)[C@H](Cc2c[nH]c3ccc(F)cc23)NC(=O)[C@H](Cc2c[nH]c3ccc(F)cc23)NC(=O)CNC1=O.[HH].[HH].[HH].[HH]. The van der Waals surface area contributed by atoms with Crippen LogP contribution in [0.4, 0.5) is 8.78 Å². The number of H-pyrrole nitrogens is 3. The number of nitrogens with one attached hydrogen (secondary N) is 11. The molecular formula is C68H86F2N14O14S2. The molecule has 0 aliphatic carbocycles. The van der Waals surface area contributed by atoms with Crippen molar-refractivity contribution in [1.29, 1.82) is 0 Å². The number of ether oxygens (including phenoxy) is 1. The molecule has 4 aromatic carbocycles. The zero-order chi connectivity index (χ0) is 71.8. The second kappa shape index (κ2) is 33.9. The number of carboxylic acid groups (broad SMARTS) is 1. The third kappa shape index (κ3) is 19.5. The van der Waals surface area contributed by atoms with Gasteiger partial charge in [-0.25, -0.2) is 13.8 Å². The number of aromatic hydroxyl groups is 1. The van der Waals surface area contributed by atoms with Crippen LogP contribution >= 0.6 is 23.5 Å². The minimum absolute atomic E-state index is 0. The normalized spacial score (nSPS) is 23.1. The van der Waals surface area contributed by atoms with Gasteiger partial charge in [-0.15, -0.1) is 0 Å². The fourth-order valence-electron chi connectivity index (χ4n) is 11.9. The van der Waals surface area contributed by atoms with E-state index in [-0.39, 0.29) is 66.1 Å². The molecule has 9 atom stereocenters. The lowest BCUT2D eigenvalue weighted by atomic mass is 9.95. The average Bonchev–Trinajstić information content (AvgIpc) is 1.63. The molecule has 0 saturated carbocycles. The fraction of sp³-hybridized carbons (Fsp3) is 0.382. The molecule has 1 fully saturated rings. The number of hydrogen-bond acceptors (Lipinski definition) is 16. The highest BCUT2D eigenvalue weighted by Gasteiger charge is 2.49.